The summed E-state index contributed by atoms with van der Waals surface area (Å²) in [5, 5.41) is 22.7. The van der Waals surface area contributed by atoms with Crippen molar-refractivity contribution >= 4 is 18.3 Å². The summed E-state index contributed by atoms with van der Waals surface area (Å²) in [7, 11) is 0. The second-order valence-corrected chi connectivity index (χ2v) is 5.99. The molecule has 0 aliphatic heterocycles. The summed E-state index contributed by atoms with van der Waals surface area (Å²) in [6, 6.07) is 14.8. The number of aromatic hydroxyl groups is 1. The van der Waals surface area contributed by atoms with Crippen LogP contribution in [0.2, 0.25) is 0 Å². The van der Waals surface area contributed by atoms with Crippen LogP contribution in [0.1, 0.15) is 40.7 Å². The van der Waals surface area contributed by atoms with Crippen LogP contribution < -0.4 is 11.1 Å². The summed E-state index contributed by atoms with van der Waals surface area (Å²) in [6.07, 6.45) is 0.516. The molecular formula is C19H25ClN2O3. The lowest BCUT2D eigenvalue weighted by Crippen LogP contribution is -2.32. The highest BCUT2D eigenvalue weighted by atomic mass is 35.5. The minimum Gasteiger partial charge on any atom is -0.507 e. The number of rotatable bonds is 8. The molecule has 0 bridgehead atoms. The van der Waals surface area contributed by atoms with Crippen LogP contribution in [-0.2, 0) is 6.42 Å². The van der Waals surface area contributed by atoms with Crippen LogP contribution in [0.25, 0.3) is 0 Å². The van der Waals surface area contributed by atoms with E-state index < -0.39 is 12.1 Å². The maximum Gasteiger partial charge on any atom is 0.252 e. The molecule has 0 aromatic heterocycles. The second-order valence-electron chi connectivity index (χ2n) is 5.99. The Hall–Kier alpha value is -2.08. The number of aliphatic hydroxyl groups excluding tert-OH is 1. The summed E-state index contributed by atoms with van der Waals surface area (Å²) in [4.78, 5) is 11.2. The van der Waals surface area contributed by atoms with Crippen molar-refractivity contribution in [1.29, 1.82) is 0 Å². The average Bonchev–Trinajstić information content (AvgIpc) is 2.57. The third-order valence-electron chi connectivity index (χ3n) is 4.08. The van der Waals surface area contributed by atoms with Crippen LogP contribution in [0, 0.1) is 0 Å². The van der Waals surface area contributed by atoms with Gasteiger partial charge in [-0.15, -0.1) is 12.4 Å². The molecule has 5 N–H and O–H groups in total. The van der Waals surface area contributed by atoms with Gasteiger partial charge in [0.1, 0.15) is 12.0 Å². The fourth-order valence-corrected chi connectivity index (χ4v) is 2.62. The predicted octanol–water partition coefficient (Wildman–Crippen LogP) is 2.56. The van der Waals surface area contributed by atoms with Gasteiger partial charge in [-0.3, -0.25) is 10.1 Å². The van der Waals surface area contributed by atoms with E-state index in [2.05, 4.69) is 24.4 Å². The van der Waals surface area contributed by atoms with Gasteiger partial charge in [-0.1, -0.05) is 43.3 Å². The quantitative estimate of drug-likeness (QED) is 0.541. The number of hydrogen-bond acceptors (Lipinski definition) is 4. The summed E-state index contributed by atoms with van der Waals surface area (Å²) in [5.41, 5.74) is 7.28. The van der Waals surface area contributed by atoms with Crippen LogP contribution >= 0.6 is 12.4 Å². The van der Waals surface area contributed by atoms with Gasteiger partial charge in [0, 0.05) is 6.42 Å². The van der Waals surface area contributed by atoms with E-state index >= 15 is 0 Å². The highest BCUT2D eigenvalue weighted by Crippen LogP contribution is 2.19. The van der Waals surface area contributed by atoms with Gasteiger partial charge in [-0.25, -0.2) is 0 Å². The van der Waals surface area contributed by atoms with Crippen LogP contribution in [0.3, 0.4) is 0 Å². The summed E-state index contributed by atoms with van der Waals surface area (Å²) >= 11 is 0. The molecule has 0 radical (unpaired) electrons. The number of nitrogens with one attached hydrogen (secondary N) is 1. The topological polar surface area (TPSA) is 95.6 Å². The highest BCUT2D eigenvalue weighted by molar-refractivity contribution is 5.95. The molecule has 0 saturated carbocycles. The third-order valence-corrected chi connectivity index (χ3v) is 4.08. The largest absolute Gasteiger partial charge is 0.507 e. The van der Waals surface area contributed by atoms with Crippen molar-refractivity contribution in [3.8, 4) is 5.75 Å². The number of carbonyl (C=O) groups excluding carboxylic acids is 1. The molecule has 1 amide bonds. The molecule has 5 nitrogen and oxygen atoms in total. The van der Waals surface area contributed by atoms with Crippen LogP contribution in [0.15, 0.2) is 48.5 Å². The molecule has 2 aromatic rings. The monoisotopic (exact) mass is 364 g/mol. The number of amides is 1. The number of carbonyl (C=O) groups is 1. The molecule has 136 valence electrons. The Labute approximate surface area is 154 Å². The van der Waals surface area contributed by atoms with Crippen LogP contribution in [0.5, 0.6) is 5.75 Å². The number of nitrogens with two attached hydrogens (primary N) is 1. The zero-order valence-corrected chi connectivity index (χ0v) is 15.0. The lowest BCUT2D eigenvalue weighted by molar-refractivity contribution is 0.0997. The first kappa shape index (κ1) is 21.0. The maximum absolute atomic E-state index is 11.2. The number of halogens is 1. The van der Waals surface area contributed by atoms with Crippen molar-refractivity contribution in [3.63, 3.8) is 0 Å². The summed E-state index contributed by atoms with van der Waals surface area (Å²) < 4.78 is 0. The lowest BCUT2D eigenvalue weighted by Gasteiger charge is -2.16. The molecule has 6 heteroatoms. The van der Waals surface area contributed by atoms with E-state index in [-0.39, 0.29) is 23.7 Å². The number of benzene rings is 2. The predicted molar refractivity (Wildman–Crippen MR) is 101 cm³/mol. The molecule has 0 fully saturated rings. The van der Waals surface area contributed by atoms with E-state index in [0.717, 1.165) is 12.0 Å². The molecule has 0 heterocycles. The van der Waals surface area contributed by atoms with Crippen molar-refractivity contribution in [3.05, 3.63) is 65.2 Å². The molecule has 2 unspecified atom stereocenters. The number of primary amides is 1. The Morgan fingerprint density at radius 2 is 1.88 bits per heavy atom. The van der Waals surface area contributed by atoms with Crippen molar-refractivity contribution in [1.82, 2.24) is 5.32 Å². The Morgan fingerprint density at radius 3 is 2.52 bits per heavy atom. The zero-order valence-electron chi connectivity index (χ0n) is 14.2. The lowest BCUT2D eigenvalue weighted by atomic mass is 9.98. The Morgan fingerprint density at radius 1 is 1.20 bits per heavy atom. The summed E-state index contributed by atoms with van der Waals surface area (Å²) in [5.74, 6) is -0.431. The minimum atomic E-state index is -0.724. The van der Waals surface area contributed by atoms with Gasteiger partial charge >= 0.3 is 0 Å². The first-order valence-corrected chi connectivity index (χ1v) is 8.05. The molecule has 0 saturated heterocycles. The van der Waals surface area contributed by atoms with Crippen molar-refractivity contribution in [2.45, 2.75) is 31.9 Å². The van der Waals surface area contributed by atoms with Gasteiger partial charge in [0.2, 0.25) is 0 Å². The molecule has 0 aliphatic rings. The van der Waals surface area contributed by atoms with Crippen molar-refractivity contribution in [2.75, 3.05) is 6.54 Å². The number of phenols is 1. The van der Waals surface area contributed by atoms with E-state index in [0.29, 0.717) is 18.9 Å². The standard InChI is InChI=1S/C19H24N2O3.ClH/c1-13(15-5-3-2-4-6-15)9-10-21-18(23)12-14-7-8-17(22)16(11-14)19(20)24;/h2-8,11,13,18,21-23H,9-10,12H2,1H3,(H2,20,24);1H. The number of hydrogen-bond donors (Lipinski definition) is 4. The Balaban J connectivity index is 0.00000312. The van der Waals surface area contributed by atoms with Crippen LogP contribution in [0.4, 0.5) is 0 Å². The molecule has 0 spiro atoms. The van der Waals surface area contributed by atoms with Gasteiger partial charge in [0.15, 0.2) is 0 Å². The van der Waals surface area contributed by atoms with E-state index in [1.165, 1.54) is 17.7 Å². The fourth-order valence-electron chi connectivity index (χ4n) is 2.62. The number of aliphatic hydroxyl groups is 1. The normalized spacial score (nSPS) is 12.9. The Kier molecular flexibility index (Phi) is 8.41. The van der Waals surface area contributed by atoms with Crippen LogP contribution in [-0.4, -0.2) is 28.9 Å². The first-order valence-electron chi connectivity index (χ1n) is 8.05. The minimum absolute atomic E-state index is 0. The molecular weight excluding hydrogens is 340 g/mol. The first-order chi connectivity index (χ1) is 11.5. The van der Waals surface area contributed by atoms with E-state index in [4.69, 9.17) is 5.73 Å². The Bertz CT molecular complexity index is 680. The smallest absolute Gasteiger partial charge is 0.252 e. The van der Waals surface area contributed by atoms with Gasteiger partial charge in [-0.2, -0.15) is 0 Å². The van der Waals surface area contributed by atoms with E-state index in [1.807, 2.05) is 18.2 Å². The molecule has 0 aliphatic carbocycles. The average molecular weight is 365 g/mol. The third kappa shape index (κ3) is 6.38. The fraction of sp³-hybridized carbons (Fsp3) is 0.316. The maximum atomic E-state index is 11.2. The van der Waals surface area contributed by atoms with Crippen molar-refractivity contribution in [2.24, 2.45) is 5.73 Å². The molecule has 2 atom stereocenters. The molecule has 2 aromatic carbocycles. The zero-order chi connectivity index (χ0) is 17.5. The van der Waals surface area contributed by atoms with Gasteiger partial charge in [0.05, 0.1) is 5.56 Å². The van der Waals surface area contributed by atoms with Gasteiger partial charge in [0.25, 0.3) is 5.91 Å². The van der Waals surface area contributed by atoms with Gasteiger partial charge < -0.3 is 15.9 Å². The van der Waals surface area contributed by atoms with Crippen molar-refractivity contribution < 1.29 is 15.0 Å². The second kappa shape index (κ2) is 10.0. The SMILES string of the molecule is CC(CCNC(O)Cc1ccc(O)c(C(N)=O)c1)c1ccccc1.Cl. The highest BCUT2D eigenvalue weighted by Gasteiger charge is 2.12. The van der Waals surface area contributed by atoms with E-state index in [1.54, 1.807) is 6.07 Å². The molecule has 2 rings (SSSR count). The van der Waals surface area contributed by atoms with Gasteiger partial charge in [-0.05, 0) is 42.1 Å². The molecule has 25 heavy (non-hydrogen) atoms. The summed E-state index contributed by atoms with van der Waals surface area (Å²) in [6.45, 7) is 2.83. The van der Waals surface area contributed by atoms with E-state index in [9.17, 15) is 15.0 Å².